The van der Waals surface area contributed by atoms with Gasteiger partial charge in [0, 0.05) is 19.4 Å². The molecule has 0 aliphatic carbocycles. The van der Waals surface area contributed by atoms with Gasteiger partial charge in [0.15, 0.2) is 0 Å². The number of hydrogen-bond acceptors (Lipinski definition) is 3. The number of aliphatic hydroxyl groups excluding tert-OH is 1. The van der Waals surface area contributed by atoms with Crippen LogP contribution in [0.15, 0.2) is 0 Å². The molecule has 0 unspecified atom stereocenters. The van der Waals surface area contributed by atoms with Crippen LogP contribution in [0.4, 0.5) is 0 Å². The van der Waals surface area contributed by atoms with Gasteiger partial charge in [0.2, 0.25) is 5.91 Å². The molecule has 0 saturated heterocycles. The molecule has 0 radical (unpaired) electrons. The zero-order valence-electron chi connectivity index (χ0n) is 22.3. The number of nitrogens with one attached hydrogen (secondary N) is 1. The van der Waals surface area contributed by atoms with Crippen LogP contribution in [0.5, 0.6) is 0 Å². The Labute approximate surface area is 237 Å². The molecule has 208 valence electrons. The molecule has 8 nitrogen and oxygen atoms in total. The third-order valence-corrected chi connectivity index (χ3v) is 5.98. The zero-order valence-corrected chi connectivity index (χ0v) is 23.2. The van der Waals surface area contributed by atoms with Crippen molar-refractivity contribution in [1.82, 2.24) is 5.32 Å². The van der Waals surface area contributed by atoms with Gasteiger partial charge in [0.05, 0.1) is 27.2 Å². The van der Waals surface area contributed by atoms with E-state index in [0.29, 0.717) is 6.42 Å². The van der Waals surface area contributed by atoms with Gasteiger partial charge in [-0.3, -0.25) is 4.79 Å². The van der Waals surface area contributed by atoms with Gasteiger partial charge in [-0.05, 0) is 6.42 Å². The number of carbonyl (C=O) groups is 1. The zero-order chi connectivity index (χ0) is 26.1. The fraction of sp³-hybridized carbons (Fsp3) is 0.960. The van der Waals surface area contributed by atoms with E-state index in [1.54, 1.807) is 0 Å². The molecule has 0 spiro atoms. The average Bonchev–Trinajstić information content (AvgIpc) is 2.73. The Balaban J connectivity index is -0.00000154. The summed E-state index contributed by atoms with van der Waals surface area (Å²) in [6.07, 6.45) is 22.0. The Kier molecular flexibility index (Phi) is 31.5. The molecule has 1 amide bonds. The summed E-state index contributed by atoms with van der Waals surface area (Å²) in [7, 11) is -0.401. The number of amides is 1. The number of quaternary nitrogens is 1. The summed E-state index contributed by atoms with van der Waals surface area (Å²) in [5.74, 6) is 0.201. The number of rotatable bonds is 22. The van der Waals surface area contributed by atoms with Crippen molar-refractivity contribution >= 4 is 43.3 Å². The minimum absolute atomic E-state index is 0. The number of unbranched alkanes of at least 4 members (excludes halogenated alkanes) is 14. The summed E-state index contributed by atoms with van der Waals surface area (Å²) in [6, 6.07) is 0. The van der Waals surface area contributed by atoms with Crippen molar-refractivity contribution in [3.63, 3.8) is 0 Å². The van der Waals surface area contributed by atoms with Gasteiger partial charge in [0.25, 0.3) is 0 Å². The first-order chi connectivity index (χ1) is 16.0. The molecular formula is C25H57N2NaO6P+. The Bertz CT molecular complexity index is 498. The van der Waals surface area contributed by atoms with Crippen LogP contribution in [-0.2, 0) is 9.36 Å². The molecule has 0 atom stereocenters. The number of hydrogen-bond donors (Lipinski definition) is 5. The third-order valence-electron chi connectivity index (χ3n) is 5.98. The summed E-state index contributed by atoms with van der Waals surface area (Å²) >= 11 is 0. The van der Waals surface area contributed by atoms with E-state index >= 15 is 0 Å². The molecule has 0 aliphatic heterocycles. The number of nitrogens with zero attached hydrogens (tertiary/aromatic N) is 1. The summed E-state index contributed by atoms with van der Waals surface area (Å²) in [5.41, 5.74) is 0. The fourth-order valence-corrected chi connectivity index (χ4v) is 3.86. The van der Waals surface area contributed by atoms with E-state index in [9.17, 15) is 4.79 Å². The van der Waals surface area contributed by atoms with Gasteiger partial charge in [-0.2, -0.15) is 0 Å². The molecule has 10 heteroatoms. The summed E-state index contributed by atoms with van der Waals surface area (Å²) in [6.45, 7) is 5.01. The second-order valence-electron chi connectivity index (χ2n) is 10.0. The maximum absolute atomic E-state index is 11.9. The molecule has 0 fully saturated rings. The Morgan fingerprint density at radius 3 is 1.46 bits per heavy atom. The van der Waals surface area contributed by atoms with Gasteiger partial charge in [-0.25, -0.2) is 4.57 Å². The van der Waals surface area contributed by atoms with Gasteiger partial charge < -0.3 is 29.6 Å². The van der Waals surface area contributed by atoms with Crippen molar-refractivity contribution < 1.29 is 33.6 Å². The van der Waals surface area contributed by atoms with Gasteiger partial charge in [-0.15, -0.1) is 0 Å². The first-order valence-corrected chi connectivity index (χ1v) is 15.1. The SMILES string of the molecule is CCCCCCCCCCCCCCCCCC(=O)NCCC[N+](C)(C)CCO.O=P(O)(O)O.[NaH]. The van der Waals surface area contributed by atoms with Crippen LogP contribution in [-0.4, -0.2) is 100 Å². The average molecular weight is 536 g/mol. The van der Waals surface area contributed by atoms with Crippen molar-refractivity contribution in [2.75, 3.05) is 40.3 Å². The van der Waals surface area contributed by atoms with Crippen molar-refractivity contribution in [3.05, 3.63) is 0 Å². The minimum atomic E-state index is -4.64. The topological polar surface area (TPSA) is 127 Å². The van der Waals surface area contributed by atoms with Crippen molar-refractivity contribution in [2.45, 2.75) is 116 Å². The fourth-order valence-electron chi connectivity index (χ4n) is 3.86. The van der Waals surface area contributed by atoms with Crippen LogP contribution in [0.25, 0.3) is 0 Å². The van der Waals surface area contributed by atoms with Crippen LogP contribution < -0.4 is 5.32 Å². The maximum atomic E-state index is 11.9. The number of likely N-dealkylation sites (N-methyl/N-ethyl adjacent to an activating group) is 1. The Morgan fingerprint density at radius 2 is 1.09 bits per heavy atom. The van der Waals surface area contributed by atoms with E-state index < -0.39 is 7.82 Å². The molecule has 0 heterocycles. The molecule has 0 saturated carbocycles. The van der Waals surface area contributed by atoms with Crippen molar-refractivity contribution in [2.24, 2.45) is 0 Å². The van der Waals surface area contributed by atoms with Crippen LogP contribution in [0.2, 0.25) is 0 Å². The molecule has 35 heavy (non-hydrogen) atoms. The molecular weight excluding hydrogens is 478 g/mol. The van der Waals surface area contributed by atoms with Crippen LogP contribution >= 0.6 is 7.82 Å². The first-order valence-electron chi connectivity index (χ1n) is 13.5. The molecule has 0 bridgehead atoms. The molecule has 0 aliphatic rings. The van der Waals surface area contributed by atoms with Gasteiger partial charge in [0.1, 0.15) is 6.54 Å². The van der Waals surface area contributed by atoms with Crippen molar-refractivity contribution in [1.29, 1.82) is 0 Å². The molecule has 0 rings (SSSR count). The third kappa shape index (κ3) is 41.9. The van der Waals surface area contributed by atoms with Gasteiger partial charge in [-0.1, -0.05) is 96.8 Å². The number of aliphatic hydroxyl groups is 1. The van der Waals surface area contributed by atoms with Crippen LogP contribution in [0, 0.1) is 0 Å². The molecule has 5 N–H and O–H groups in total. The predicted molar refractivity (Wildman–Crippen MR) is 148 cm³/mol. The first kappa shape index (κ1) is 40.0. The van der Waals surface area contributed by atoms with Crippen LogP contribution in [0.1, 0.15) is 116 Å². The predicted octanol–water partition coefficient (Wildman–Crippen LogP) is 4.25. The van der Waals surface area contributed by atoms with E-state index in [1.807, 2.05) is 0 Å². The Morgan fingerprint density at radius 1 is 0.714 bits per heavy atom. The normalized spacial score (nSPS) is 11.4. The summed E-state index contributed by atoms with van der Waals surface area (Å²) in [4.78, 5) is 33.4. The number of phosphoric acid groups is 1. The second-order valence-corrected chi connectivity index (χ2v) is 11.0. The summed E-state index contributed by atoms with van der Waals surface area (Å²) < 4.78 is 9.69. The van der Waals surface area contributed by atoms with Crippen molar-refractivity contribution in [3.8, 4) is 0 Å². The molecule has 0 aromatic rings. The van der Waals surface area contributed by atoms with E-state index in [-0.39, 0.29) is 42.1 Å². The van der Waals surface area contributed by atoms with E-state index in [0.717, 1.165) is 37.0 Å². The quantitative estimate of drug-likeness (QED) is 0.0611. The standard InChI is InChI=1S/C25H52N2O2.Na.H3O4P.H/c1-4-5-6-7-8-9-10-11-12-13-14-15-16-17-18-20-25(29)26-21-19-22-27(2,3)23-24-28;;1-5(2,3)4;/h28H,4-24H2,1-3H3;;(H3,1,2,3,4);/p+1. The van der Waals surface area contributed by atoms with E-state index in [4.69, 9.17) is 24.4 Å². The number of carbonyl (C=O) groups excluding carboxylic acids is 1. The molecule has 0 aromatic heterocycles. The van der Waals surface area contributed by atoms with Crippen LogP contribution in [0.3, 0.4) is 0 Å². The Hall–Kier alpha value is 0.500. The van der Waals surface area contributed by atoms with E-state index in [2.05, 4.69) is 26.3 Å². The van der Waals surface area contributed by atoms with Gasteiger partial charge >= 0.3 is 37.4 Å². The monoisotopic (exact) mass is 535 g/mol. The second kappa shape index (κ2) is 27.5. The van der Waals surface area contributed by atoms with E-state index in [1.165, 1.54) is 89.9 Å². The molecule has 0 aromatic carbocycles. The summed E-state index contributed by atoms with van der Waals surface area (Å²) in [5, 5.41) is 12.1.